The second-order valence-electron chi connectivity index (χ2n) is 9.79. The van der Waals surface area contributed by atoms with Gasteiger partial charge in [-0.25, -0.2) is 4.79 Å². The number of H-pyrrole nitrogens is 1. The van der Waals surface area contributed by atoms with E-state index in [4.69, 9.17) is 11.5 Å². The maximum absolute atomic E-state index is 13.6. The third-order valence-corrected chi connectivity index (χ3v) is 7.43. The van der Waals surface area contributed by atoms with Gasteiger partial charge in [0.2, 0.25) is 23.6 Å². The summed E-state index contributed by atoms with van der Waals surface area (Å²) in [6, 6.07) is 3.07. The first-order valence-corrected chi connectivity index (χ1v) is 14.6. The molecule has 0 aliphatic carbocycles. The third-order valence-electron chi connectivity index (χ3n) is 6.79. The summed E-state index contributed by atoms with van der Waals surface area (Å²) in [5, 5.41) is 18.2. The first kappa shape index (κ1) is 32.6. The van der Waals surface area contributed by atoms with Crippen LogP contribution in [0.1, 0.15) is 45.1 Å². The molecule has 5 unspecified atom stereocenters. The van der Waals surface area contributed by atoms with Crippen LogP contribution in [-0.2, 0) is 30.4 Å². The Hall–Kier alpha value is -3.58. The van der Waals surface area contributed by atoms with Gasteiger partial charge in [0.1, 0.15) is 18.1 Å². The van der Waals surface area contributed by atoms with Crippen LogP contribution in [0.2, 0.25) is 0 Å². The number of thioether (sulfide) groups is 1. The Morgan fingerprint density at radius 3 is 2.27 bits per heavy atom. The Labute approximate surface area is 237 Å². The van der Waals surface area contributed by atoms with Crippen LogP contribution < -0.4 is 27.4 Å². The zero-order valence-corrected chi connectivity index (χ0v) is 23.9. The van der Waals surface area contributed by atoms with Gasteiger partial charge in [0, 0.05) is 29.9 Å². The molecule has 0 saturated carbocycles. The molecule has 1 heterocycles. The fourth-order valence-electron chi connectivity index (χ4n) is 4.15. The van der Waals surface area contributed by atoms with Crippen LogP contribution in [-0.4, -0.2) is 75.9 Å². The van der Waals surface area contributed by atoms with Crippen molar-refractivity contribution in [3.63, 3.8) is 0 Å². The number of hydrogen-bond donors (Lipinski definition) is 7. The first-order chi connectivity index (χ1) is 19.0. The minimum atomic E-state index is -1.27. The van der Waals surface area contributed by atoms with Crippen molar-refractivity contribution in [3.8, 4) is 0 Å². The summed E-state index contributed by atoms with van der Waals surface area (Å²) < 4.78 is 0. The van der Waals surface area contributed by atoms with Crippen LogP contribution >= 0.6 is 11.8 Å². The van der Waals surface area contributed by atoms with Crippen molar-refractivity contribution in [2.24, 2.45) is 17.4 Å². The lowest BCUT2D eigenvalue weighted by Gasteiger charge is -2.26. The Kier molecular flexibility index (Phi) is 12.9. The summed E-state index contributed by atoms with van der Waals surface area (Å²) in [4.78, 5) is 65.9. The molecule has 1 aromatic carbocycles. The molecule has 0 saturated heterocycles. The predicted molar refractivity (Wildman–Crippen MR) is 154 cm³/mol. The van der Waals surface area contributed by atoms with Gasteiger partial charge >= 0.3 is 5.97 Å². The van der Waals surface area contributed by atoms with Crippen molar-refractivity contribution in [2.75, 3.05) is 12.0 Å². The van der Waals surface area contributed by atoms with E-state index in [9.17, 15) is 29.1 Å². The fraction of sp³-hybridized carbons (Fsp3) is 0.519. The molecular weight excluding hydrogens is 536 g/mol. The number of amides is 4. The number of carbonyl (C=O) groups excluding carboxylic acids is 4. The summed E-state index contributed by atoms with van der Waals surface area (Å²) in [7, 11) is 0. The van der Waals surface area contributed by atoms with Crippen LogP contribution in [0.25, 0.3) is 10.9 Å². The van der Waals surface area contributed by atoms with Gasteiger partial charge in [-0.2, -0.15) is 11.8 Å². The molecule has 4 amide bonds. The average Bonchev–Trinajstić information content (AvgIpc) is 3.33. The lowest BCUT2D eigenvalue weighted by molar-refractivity contribution is -0.144. The minimum Gasteiger partial charge on any atom is -0.480 e. The van der Waals surface area contributed by atoms with E-state index in [-0.39, 0.29) is 25.2 Å². The normalized spacial score (nSPS) is 14.9. The number of aromatic nitrogens is 1. The number of fused-ring (bicyclic) bond motifs is 1. The summed E-state index contributed by atoms with van der Waals surface area (Å²) in [5.74, 6) is -3.60. The number of primary amides is 1. The average molecular weight is 577 g/mol. The number of para-hydroxylation sites is 1. The lowest BCUT2D eigenvalue weighted by Crippen LogP contribution is -2.58. The summed E-state index contributed by atoms with van der Waals surface area (Å²) in [6.07, 6.45) is 4.25. The topological polar surface area (TPSA) is 209 Å². The number of nitrogens with one attached hydrogen (secondary N) is 4. The highest BCUT2D eigenvalue weighted by Gasteiger charge is 2.32. The molecule has 0 aliphatic rings. The van der Waals surface area contributed by atoms with Crippen LogP contribution in [0, 0.1) is 5.92 Å². The SMILES string of the molecule is CCC(C)C(NC(=O)C(CCC(N)=O)NC(=O)C(Cc1c[nH]c2ccccc12)NC(=O)C(N)CCSC)C(=O)O. The molecule has 220 valence electrons. The van der Waals surface area contributed by atoms with Gasteiger partial charge in [-0.15, -0.1) is 0 Å². The standard InChI is InChI=1S/C27H40N6O6S/c1-4-15(2)23(27(38)39)33-25(36)20(9-10-22(29)34)31-26(37)21(32-24(35)18(28)11-12-40-3)13-16-14-30-19-8-6-5-7-17(16)19/h5-8,14-15,18,20-21,23,30H,4,9-13,28H2,1-3H3,(H2,29,34)(H,31,37)(H,32,35)(H,33,36)(H,38,39). The number of rotatable bonds is 17. The van der Waals surface area contributed by atoms with Gasteiger partial charge < -0.3 is 37.5 Å². The molecule has 9 N–H and O–H groups in total. The number of benzene rings is 1. The van der Waals surface area contributed by atoms with Crippen molar-refractivity contribution in [1.82, 2.24) is 20.9 Å². The van der Waals surface area contributed by atoms with Gasteiger partial charge in [-0.3, -0.25) is 19.2 Å². The van der Waals surface area contributed by atoms with E-state index < -0.39 is 53.8 Å². The lowest BCUT2D eigenvalue weighted by atomic mass is 9.98. The van der Waals surface area contributed by atoms with E-state index in [1.54, 1.807) is 20.0 Å². The molecule has 2 rings (SSSR count). The smallest absolute Gasteiger partial charge is 0.326 e. The van der Waals surface area contributed by atoms with Crippen molar-refractivity contribution in [1.29, 1.82) is 0 Å². The number of carboxylic acid groups (broad SMARTS) is 1. The predicted octanol–water partition coefficient (Wildman–Crippen LogP) is 0.641. The molecular formula is C27H40N6O6S. The Morgan fingerprint density at radius 1 is 1.00 bits per heavy atom. The van der Waals surface area contributed by atoms with Crippen molar-refractivity contribution >= 4 is 52.3 Å². The number of hydrogen-bond acceptors (Lipinski definition) is 7. The van der Waals surface area contributed by atoms with Crippen LogP contribution in [0.15, 0.2) is 30.5 Å². The minimum absolute atomic E-state index is 0.0889. The van der Waals surface area contributed by atoms with E-state index >= 15 is 0 Å². The highest BCUT2D eigenvalue weighted by atomic mass is 32.2. The van der Waals surface area contributed by atoms with E-state index in [2.05, 4.69) is 20.9 Å². The molecule has 13 heteroatoms. The molecule has 0 fully saturated rings. The van der Waals surface area contributed by atoms with Gasteiger partial charge in [0.05, 0.1) is 6.04 Å². The fourth-order valence-corrected chi connectivity index (χ4v) is 4.64. The Morgan fingerprint density at radius 2 is 1.65 bits per heavy atom. The van der Waals surface area contributed by atoms with Crippen LogP contribution in [0.5, 0.6) is 0 Å². The summed E-state index contributed by atoms with van der Waals surface area (Å²) in [5.41, 5.74) is 12.9. The monoisotopic (exact) mass is 576 g/mol. The van der Waals surface area contributed by atoms with Gasteiger partial charge in [-0.05, 0) is 42.4 Å². The molecule has 1 aromatic heterocycles. The van der Waals surface area contributed by atoms with Gasteiger partial charge in [0.25, 0.3) is 0 Å². The molecule has 2 aromatic rings. The number of aliphatic carboxylic acids is 1. The van der Waals surface area contributed by atoms with E-state index in [0.29, 0.717) is 18.6 Å². The number of nitrogens with two attached hydrogens (primary N) is 2. The van der Waals surface area contributed by atoms with E-state index in [1.807, 2.05) is 30.5 Å². The molecule has 0 spiro atoms. The van der Waals surface area contributed by atoms with Crippen LogP contribution in [0.3, 0.4) is 0 Å². The number of carbonyl (C=O) groups is 5. The molecule has 40 heavy (non-hydrogen) atoms. The molecule has 0 bridgehead atoms. The van der Waals surface area contributed by atoms with E-state index in [1.165, 1.54) is 11.8 Å². The summed E-state index contributed by atoms with van der Waals surface area (Å²) >= 11 is 1.54. The van der Waals surface area contributed by atoms with E-state index in [0.717, 1.165) is 16.5 Å². The first-order valence-electron chi connectivity index (χ1n) is 13.2. The Balaban J connectivity index is 2.32. The van der Waals surface area contributed by atoms with Crippen molar-refractivity contribution in [3.05, 3.63) is 36.0 Å². The number of aromatic amines is 1. The highest BCUT2D eigenvalue weighted by molar-refractivity contribution is 7.98. The Bertz CT molecular complexity index is 1190. The zero-order valence-electron chi connectivity index (χ0n) is 23.1. The van der Waals surface area contributed by atoms with Gasteiger partial charge in [-0.1, -0.05) is 38.5 Å². The largest absolute Gasteiger partial charge is 0.480 e. The third kappa shape index (κ3) is 9.56. The maximum atomic E-state index is 13.6. The summed E-state index contributed by atoms with van der Waals surface area (Å²) in [6.45, 7) is 3.48. The quantitative estimate of drug-likeness (QED) is 0.142. The van der Waals surface area contributed by atoms with Crippen molar-refractivity contribution < 1.29 is 29.1 Å². The van der Waals surface area contributed by atoms with Gasteiger partial charge in [0.15, 0.2) is 0 Å². The molecule has 5 atom stereocenters. The maximum Gasteiger partial charge on any atom is 0.326 e. The molecule has 12 nitrogen and oxygen atoms in total. The van der Waals surface area contributed by atoms with Crippen LogP contribution in [0.4, 0.5) is 0 Å². The number of carboxylic acids is 1. The highest BCUT2D eigenvalue weighted by Crippen LogP contribution is 2.19. The van der Waals surface area contributed by atoms with Crippen molar-refractivity contribution in [2.45, 2.75) is 70.1 Å². The second kappa shape index (κ2) is 15.9. The molecule has 0 radical (unpaired) electrons. The second-order valence-corrected chi connectivity index (χ2v) is 10.8. The molecule has 0 aliphatic heterocycles. The zero-order chi connectivity index (χ0) is 29.8.